The van der Waals surface area contributed by atoms with E-state index in [9.17, 15) is 62.6 Å². The minimum absolute atomic E-state index is 0.0229. The maximum absolute atomic E-state index is 15.5. The van der Waals surface area contributed by atoms with Gasteiger partial charge in [-0.15, -0.1) is 0 Å². The molecule has 32 nitrogen and oxygen atoms in total. The second kappa shape index (κ2) is 39.9. The number of amides is 10. The van der Waals surface area contributed by atoms with Crippen molar-refractivity contribution < 1.29 is 100 Å². The van der Waals surface area contributed by atoms with Gasteiger partial charge in [0, 0.05) is 84.1 Å². The summed E-state index contributed by atoms with van der Waals surface area (Å²) in [7, 11) is 0. The van der Waals surface area contributed by atoms with E-state index in [0.29, 0.717) is 136 Å². The Morgan fingerprint density at radius 2 is 1.30 bits per heavy atom. The molecule has 2 aromatic heterocycles. The molecule has 5 aromatic rings. The summed E-state index contributed by atoms with van der Waals surface area (Å²) in [6.07, 6.45) is 4.36. The van der Waals surface area contributed by atoms with Crippen LogP contribution >= 0.6 is 0 Å². The Morgan fingerprint density at radius 1 is 0.673 bits per heavy atom. The van der Waals surface area contributed by atoms with Crippen LogP contribution in [0.2, 0.25) is 0 Å². The Bertz CT molecular complexity index is 4170. The summed E-state index contributed by atoms with van der Waals surface area (Å²) in [5.74, 6) is -7.80. The molecule has 9 rings (SSSR count). The maximum Gasteiger partial charge on any atom is 0.343 e. The van der Waals surface area contributed by atoms with Crippen molar-refractivity contribution in [2.45, 2.75) is 103 Å². The largest absolute Gasteiger partial charge is 0.458 e. The summed E-state index contributed by atoms with van der Waals surface area (Å²) in [6.45, 7) is 6.86. The Balaban J connectivity index is 0.716. The highest BCUT2D eigenvalue weighted by molar-refractivity contribution is 6.13. The van der Waals surface area contributed by atoms with Crippen molar-refractivity contribution in [3.05, 3.63) is 139 Å². The van der Waals surface area contributed by atoms with E-state index in [-0.39, 0.29) is 98.8 Å². The van der Waals surface area contributed by atoms with Crippen molar-refractivity contribution in [2.75, 3.05) is 131 Å². The molecule has 0 spiro atoms. The smallest absolute Gasteiger partial charge is 0.343 e. The van der Waals surface area contributed by atoms with Crippen LogP contribution in [0.4, 0.5) is 10.1 Å². The van der Waals surface area contributed by atoms with Crippen LogP contribution in [0.15, 0.2) is 77.6 Å². The average molecular weight is 1490 g/mol. The van der Waals surface area contributed by atoms with Gasteiger partial charge in [0.25, 0.3) is 29.2 Å². The normalized spacial score (nSPS) is 15.6. The number of aliphatic hydroxyl groups is 1. The zero-order chi connectivity index (χ0) is 76.4. The van der Waals surface area contributed by atoms with Gasteiger partial charge in [-0.1, -0.05) is 43.7 Å². The van der Waals surface area contributed by atoms with Crippen LogP contribution in [0.1, 0.15) is 118 Å². The topological polar surface area (TPSA) is 416 Å². The quantitative estimate of drug-likeness (QED) is 0.0113. The SMILES string of the molecule is CCOCCOCCOCCOCCOCCOCCNC(=O)c1cc(NC(=O)CCCCCN2C(=O)C=CC2=O)cc(C(=O)NCC(=O)NCC(=O)N[C@@H](Cc2ccccc2)C(=O)NCC(=O)NCOCC(=O)N[C@H]2CCc3c(C)c(F)cc4nc5c(c2c34)Cn2c-5cc3c(c2=O)COC(=O)[C@]3(O)CC)c1. The summed E-state index contributed by atoms with van der Waals surface area (Å²) in [5.41, 5.74) is 1.50. The Morgan fingerprint density at radius 3 is 1.96 bits per heavy atom. The monoisotopic (exact) mass is 1490 g/mol. The van der Waals surface area contributed by atoms with E-state index in [0.717, 1.165) is 4.90 Å². The van der Waals surface area contributed by atoms with Gasteiger partial charge < -0.3 is 90.1 Å². The number of hydrogen-bond acceptors (Lipinski definition) is 22. The van der Waals surface area contributed by atoms with E-state index in [1.165, 1.54) is 41.0 Å². The number of benzene rings is 3. The molecule has 0 saturated carbocycles. The maximum atomic E-state index is 15.5. The number of aromatic nitrogens is 2. The lowest BCUT2D eigenvalue weighted by Crippen LogP contribution is -2.52. The molecule has 5 heterocycles. The summed E-state index contributed by atoms with van der Waals surface area (Å²) in [5, 5.41) is 32.8. The molecule has 4 aliphatic rings. The van der Waals surface area contributed by atoms with Crippen LogP contribution in [0.5, 0.6) is 0 Å². The number of hydrogen-bond donors (Lipinski definition) is 9. The highest BCUT2D eigenvalue weighted by atomic mass is 19.1. The van der Waals surface area contributed by atoms with E-state index >= 15 is 4.39 Å². The number of nitrogens with one attached hydrogen (secondary N) is 8. The highest BCUT2D eigenvalue weighted by Gasteiger charge is 2.46. The summed E-state index contributed by atoms with van der Waals surface area (Å²) in [4.78, 5) is 164. The number of halogens is 1. The molecule has 0 unspecified atom stereocenters. The lowest BCUT2D eigenvalue weighted by atomic mass is 9.81. The molecule has 0 radical (unpaired) electrons. The van der Waals surface area contributed by atoms with Gasteiger partial charge in [0.05, 0.1) is 127 Å². The van der Waals surface area contributed by atoms with Gasteiger partial charge >= 0.3 is 5.97 Å². The molecule has 3 aromatic carbocycles. The third-order valence-corrected chi connectivity index (χ3v) is 18.1. The molecule has 3 atom stereocenters. The first kappa shape index (κ1) is 80.8. The van der Waals surface area contributed by atoms with Crippen molar-refractivity contribution in [3.8, 4) is 11.4 Å². The Labute approximate surface area is 615 Å². The molecule has 33 heteroatoms. The van der Waals surface area contributed by atoms with E-state index in [4.69, 9.17) is 42.9 Å². The second-order valence-electron chi connectivity index (χ2n) is 25.4. The molecule has 3 aliphatic heterocycles. The van der Waals surface area contributed by atoms with Gasteiger partial charge in [-0.2, -0.15) is 0 Å². The molecular formula is C74H90FN11O21. The average Bonchev–Trinajstić information content (AvgIpc) is 1.60. The zero-order valence-electron chi connectivity index (χ0n) is 59.9. The number of imide groups is 1. The standard InChI is InChI=1S/C74H90FN11O21/c1-4-74(99)53-36-58-68-51(41-86(58)72(97)52(53)42-107-73(74)98)67-55(16-15-50-45(3)54(75)37-56(84-68)66(50)67)82-63(91)43-106-44-80-61(89)39-79-71(96)57(32-46-12-8-6-9-13-46)83-62(90)40-77-60(88)38-78-70(95)48-33-47(34-49(35-48)81-59(87)14-10-7-11-20-85-64(92)17-18-65(85)93)69(94)76-19-21-101-24-25-103-28-29-105-31-30-104-27-26-102-23-22-100-5-2/h6,8-9,12-13,17-18,33-37,55,57,99H,4-5,7,10-11,14-16,19-32,38-44H2,1-3H3,(H,76,94)(H,77,88)(H,78,95)(H,79,96)(H,80,89)(H,81,87)(H,82,91)(H,83,90)/t55-,57-,74-/m0/s1. The number of fused-ring (bicyclic) bond motifs is 5. The van der Waals surface area contributed by atoms with Crippen molar-refractivity contribution >= 4 is 81.6 Å². The van der Waals surface area contributed by atoms with E-state index in [1.807, 2.05) is 6.92 Å². The number of ether oxygens (including phenoxy) is 8. The fourth-order valence-corrected chi connectivity index (χ4v) is 12.5. The van der Waals surface area contributed by atoms with Gasteiger partial charge in [0.1, 0.15) is 31.8 Å². The lowest BCUT2D eigenvalue weighted by molar-refractivity contribution is -0.172. The van der Waals surface area contributed by atoms with Crippen LogP contribution in [0.25, 0.3) is 22.3 Å². The fourth-order valence-electron chi connectivity index (χ4n) is 12.5. The van der Waals surface area contributed by atoms with E-state index in [2.05, 4.69) is 42.5 Å². The van der Waals surface area contributed by atoms with E-state index in [1.54, 1.807) is 50.2 Å². The number of pyridine rings is 2. The molecule has 10 amide bonds. The van der Waals surface area contributed by atoms with Crippen molar-refractivity contribution in [2.24, 2.45) is 0 Å². The number of anilines is 1. The van der Waals surface area contributed by atoms with Gasteiger partial charge in [-0.25, -0.2) is 14.2 Å². The number of aryl methyl sites for hydroxylation is 1. The number of cyclic esters (lactones) is 1. The molecule has 107 heavy (non-hydrogen) atoms. The predicted octanol–water partition coefficient (Wildman–Crippen LogP) is 1.38. The number of esters is 1. The van der Waals surface area contributed by atoms with E-state index < -0.39 is 127 Å². The summed E-state index contributed by atoms with van der Waals surface area (Å²) < 4.78 is 60.4. The molecule has 574 valence electrons. The molecular weight excluding hydrogens is 1400 g/mol. The minimum atomic E-state index is -2.08. The van der Waals surface area contributed by atoms with Crippen LogP contribution in [0, 0.1) is 12.7 Å². The van der Waals surface area contributed by atoms with Crippen molar-refractivity contribution in [3.63, 3.8) is 0 Å². The lowest BCUT2D eigenvalue weighted by Gasteiger charge is -2.31. The number of carbonyl (C=O) groups is 11. The molecule has 0 fully saturated rings. The van der Waals surface area contributed by atoms with Crippen molar-refractivity contribution in [1.29, 1.82) is 0 Å². The first-order valence-corrected chi connectivity index (χ1v) is 35.5. The molecule has 9 N–H and O–H groups in total. The molecule has 0 saturated heterocycles. The number of nitrogens with zero attached hydrogens (tertiary/aromatic N) is 3. The van der Waals surface area contributed by atoms with Gasteiger partial charge in [0.15, 0.2) is 5.60 Å². The second-order valence-corrected chi connectivity index (χ2v) is 25.4. The van der Waals surface area contributed by atoms with Gasteiger partial charge in [-0.3, -0.25) is 57.6 Å². The Kier molecular flexibility index (Phi) is 30.1. The number of carbonyl (C=O) groups excluding carboxylic acids is 11. The third kappa shape index (κ3) is 22.2. The van der Waals surface area contributed by atoms with Gasteiger partial charge in [-0.05, 0) is 92.5 Å². The minimum Gasteiger partial charge on any atom is -0.458 e. The van der Waals surface area contributed by atoms with Crippen molar-refractivity contribution in [1.82, 2.24) is 51.7 Å². The van der Waals surface area contributed by atoms with Crippen LogP contribution in [0.3, 0.4) is 0 Å². The van der Waals surface area contributed by atoms with Crippen LogP contribution in [-0.2, 0) is 113 Å². The van der Waals surface area contributed by atoms with Crippen LogP contribution < -0.4 is 48.1 Å². The number of rotatable bonds is 44. The first-order chi connectivity index (χ1) is 51.7. The predicted molar refractivity (Wildman–Crippen MR) is 380 cm³/mol. The Hall–Kier alpha value is -10.3. The zero-order valence-corrected chi connectivity index (χ0v) is 59.9. The van der Waals surface area contributed by atoms with Crippen LogP contribution in [-0.4, -0.2) is 216 Å². The highest BCUT2D eigenvalue weighted by Crippen LogP contribution is 2.46. The first-order valence-electron chi connectivity index (χ1n) is 35.5. The fraction of sp³-hybridized carbons (Fsp3) is 0.473. The summed E-state index contributed by atoms with van der Waals surface area (Å²) >= 11 is 0. The summed E-state index contributed by atoms with van der Waals surface area (Å²) in [6, 6.07) is 13.5. The molecule has 0 bridgehead atoms. The third-order valence-electron chi connectivity index (χ3n) is 18.1. The van der Waals surface area contributed by atoms with Gasteiger partial charge in [0.2, 0.25) is 35.4 Å². The molecule has 1 aliphatic carbocycles. The number of unbranched alkanes of at least 4 members (excludes halogenated alkanes) is 2.